The Kier molecular flexibility index (Phi) is 1.86. The van der Waals surface area contributed by atoms with Gasteiger partial charge < -0.3 is 9.47 Å². The van der Waals surface area contributed by atoms with E-state index in [4.69, 9.17) is 9.47 Å². The smallest absolute Gasteiger partial charge is 0.256 e. The monoisotopic (exact) mass is 180 g/mol. The number of carbonyl (C=O) groups is 1. The summed E-state index contributed by atoms with van der Waals surface area (Å²) in [6.07, 6.45) is 3.68. The van der Waals surface area contributed by atoms with Gasteiger partial charge in [0.1, 0.15) is 0 Å². The lowest BCUT2D eigenvalue weighted by molar-refractivity contribution is -0.163. The number of ether oxygens (including phenoxy) is 2. The van der Waals surface area contributed by atoms with Crippen molar-refractivity contribution >= 4 is 5.78 Å². The number of hydrogen-bond acceptors (Lipinski definition) is 3. The molecule has 2 rings (SSSR count). The summed E-state index contributed by atoms with van der Waals surface area (Å²) in [5.41, 5.74) is 1.52. The average Bonchev–Trinajstić information content (AvgIpc) is 2.59. The van der Waals surface area contributed by atoms with E-state index in [1.54, 1.807) is 13.0 Å². The zero-order chi connectivity index (χ0) is 9.47. The van der Waals surface area contributed by atoms with E-state index in [-0.39, 0.29) is 5.78 Å². The van der Waals surface area contributed by atoms with Crippen LogP contribution < -0.4 is 0 Å². The van der Waals surface area contributed by atoms with E-state index >= 15 is 0 Å². The summed E-state index contributed by atoms with van der Waals surface area (Å²) in [5.74, 6) is -1.15. The maximum atomic E-state index is 11.8. The van der Waals surface area contributed by atoms with Gasteiger partial charge in [-0.15, -0.1) is 0 Å². The van der Waals surface area contributed by atoms with Gasteiger partial charge >= 0.3 is 0 Å². The first-order valence-corrected chi connectivity index (χ1v) is 4.35. The Morgan fingerprint density at radius 2 is 1.85 bits per heavy atom. The first-order chi connectivity index (χ1) is 6.17. The molecule has 0 unspecified atom stereocenters. The normalized spacial score (nSPS) is 26.2. The fraction of sp³-hybridized carbons (Fsp3) is 0.500. The third-order valence-electron chi connectivity index (χ3n) is 2.45. The lowest BCUT2D eigenvalue weighted by Crippen LogP contribution is -2.43. The highest BCUT2D eigenvalue weighted by Gasteiger charge is 2.47. The molecule has 1 spiro atoms. The second-order valence-corrected chi connectivity index (χ2v) is 3.34. The highest BCUT2D eigenvalue weighted by Crippen LogP contribution is 2.33. The minimum absolute atomic E-state index is 0.0648. The molecule has 0 aromatic carbocycles. The lowest BCUT2D eigenvalue weighted by Gasteiger charge is -2.29. The van der Waals surface area contributed by atoms with Crippen LogP contribution in [-0.2, 0) is 14.3 Å². The van der Waals surface area contributed by atoms with Gasteiger partial charge in [0, 0.05) is 0 Å². The van der Waals surface area contributed by atoms with Crippen molar-refractivity contribution in [3.63, 3.8) is 0 Å². The number of Topliss-reactive ketones (excluding diaryl/α,β-unsaturated/α-hetero) is 1. The molecule has 13 heavy (non-hydrogen) atoms. The first kappa shape index (κ1) is 8.66. The Bertz CT molecular complexity index is 302. The minimum Gasteiger partial charge on any atom is -0.338 e. The van der Waals surface area contributed by atoms with Crippen LogP contribution in [0.5, 0.6) is 0 Å². The highest BCUT2D eigenvalue weighted by molar-refractivity contribution is 6.04. The van der Waals surface area contributed by atoms with Crippen LogP contribution >= 0.6 is 0 Å². The molecule has 0 atom stereocenters. The van der Waals surface area contributed by atoms with E-state index in [9.17, 15) is 4.79 Å². The maximum absolute atomic E-state index is 11.8. The van der Waals surface area contributed by atoms with Crippen LogP contribution in [0.15, 0.2) is 23.3 Å². The third kappa shape index (κ3) is 1.08. The number of rotatable bonds is 0. The minimum atomic E-state index is -1.08. The van der Waals surface area contributed by atoms with Gasteiger partial charge in [-0.2, -0.15) is 0 Å². The zero-order valence-corrected chi connectivity index (χ0v) is 7.79. The maximum Gasteiger partial charge on any atom is 0.256 e. The van der Waals surface area contributed by atoms with Crippen molar-refractivity contribution in [1.82, 2.24) is 0 Å². The predicted molar refractivity (Wildman–Crippen MR) is 47.2 cm³/mol. The topological polar surface area (TPSA) is 35.5 Å². The molecule has 3 heteroatoms. The van der Waals surface area contributed by atoms with Crippen molar-refractivity contribution < 1.29 is 14.3 Å². The summed E-state index contributed by atoms with van der Waals surface area (Å²) in [6, 6.07) is 0. The molecule has 0 amide bonds. The standard InChI is InChI=1S/C10H12O3/c1-7-3-4-8(2)10(9(7)11)12-5-6-13-10/h3-4H,5-6H2,1-2H3. The van der Waals surface area contributed by atoms with E-state index in [1.165, 1.54) is 0 Å². The first-order valence-electron chi connectivity index (χ1n) is 4.35. The third-order valence-corrected chi connectivity index (χ3v) is 2.45. The van der Waals surface area contributed by atoms with Crippen LogP contribution in [0.3, 0.4) is 0 Å². The van der Waals surface area contributed by atoms with E-state index in [1.807, 2.05) is 13.0 Å². The second-order valence-electron chi connectivity index (χ2n) is 3.34. The Labute approximate surface area is 77.0 Å². The number of allylic oxidation sites excluding steroid dienone is 2. The molecule has 0 saturated carbocycles. The van der Waals surface area contributed by atoms with Crippen LogP contribution in [0.2, 0.25) is 0 Å². The van der Waals surface area contributed by atoms with Gasteiger partial charge in [0.05, 0.1) is 13.2 Å². The van der Waals surface area contributed by atoms with Crippen molar-refractivity contribution in [2.24, 2.45) is 0 Å². The summed E-state index contributed by atoms with van der Waals surface area (Å²) < 4.78 is 10.8. The number of ketones is 1. The van der Waals surface area contributed by atoms with Crippen LogP contribution in [0.25, 0.3) is 0 Å². The van der Waals surface area contributed by atoms with Gasteiger partial charge in [0.15, 0.2) is 0 Å². The zero-order valence-electron chi connectivity index (χ0n) is 7.79. The molecule has 0 bridgehead atoms. The lowest BCUT2D eigenvalue weighted by atomic mass is 9.92. The summed E-state index contributed by atoms with van der Waals surface area (Å²) in [4.78, 5) is 11.8. The molecule has 0 radical (unpaired) electrons. The van der Waals surface area contributed by atoms with Crippen molar-refractivity contribution in [3.05, 3.63) is 23.3 Å². The van der Waals surface area contributed by atoms with E-state index in [2.05, 4.69) is 0 Å². The summed E-state index contributed by atoms with van der Waals surface area (Å²) in [6.45, 7) is 4.61. The summed E-state index contributed by atoms with van der Waals surface area (Å²) in [5, 5.41) is 0. The van der Waals surface area contributed by atoms with Crippen LogP contribution in [-0.4, -0.2) is 24.8 Å². The van der Waals surface area contributed by atoms with E-state index in [0.29, 0.717) is 18.8 Å². The summed E-state index contributed by atoms with van der Waals surface area (Å²) >= 11 is 0. The average molecular weight is 180 g/mol. The molecule has 2 aliphatic rings. The Morgan fingerprint density at radius 1 is 1.23 bits per heavy atom. The van der Waals surface area contributed by atoms with Crippen LogP contribution in [0, 0.1) is 0 Å². The molecule has 1 aliphatic carbocycles. The molecular formula is C10H12O3. The van der Waals surface area contributed by atoms with Gasteiger partial charge in [-0.3, -0.25) is 4.79 Å². The van der Waals surface area contributed by atoms with Crippen molar-refractivity contribution in [2.75, 3.05) is 13.2 Å². The number of hydrogen-bond donors (Lipinski definition) is 0. The van der Waals surface area contributed by atoms with Gasteiger partial charge in [-0.1, -0.05) is 12.2 Å². The molecular weight excluding hydrogens is 168 g/mol. The molecule has 0 N–H and O–H groups in total. The predicted octanol–water partition coefficient (Wildman–Crippen LogP) is 1.20. The van der Waals surface area contributed by atoms with Crippen molar-refractivity contribution in [3.8, 4) is 0 Å². The molecule has 1 aliphatic heterocycles. The van der Waals surface area contributed by atoms with Gasteiger partial charge in [0.2, 0.25) is 5.78 Å². The Morgan fingerprint density at radius 3 is 2.46 bits per heavy atom. The quantitative estimate of drug-likeness (QED) is 0.562. The molecule has 1 saturated heterocycles. The molecule has 0 aromatic heterocycles. The van der Waals surface area contributed by atoms with Gasteiger partial charge in [-0.25, -0.2) is 0 Å². The number of carbonyl (C=O) groups excluding carboxylic acids is 1. The Hall–Kier alpha value is -0.930. The second kappa shape index (κ2) is 2.79. The van der Waals surface area contributed by atoms with E-state index < -0.39 is 5.79 Å². The highest BCUT2D eigenvalue weighted by atomic mass is 16.7. The van der Waals surface area contributed by atoms with Crippen LogP contribution in [0.4, 0.5) is 0 Å². The molecule has 3 nitrogen and oxygen atoms in total. The summed E-state index contributed by atoms with van der Waals surface area (Å²) in [7, 11) is 0. The van der Waals surface area contributed by atoms with Gasteiger partial charge in [-0.05, 0) is 25.0 Å². The molecule has 0 aromatic rings. The SMILES string of the molecule is CC1=CC=C(C)C2(OCCO2)C1=O. The van der Waals surface area contributed by atoms with Gasteiger partial charge in [0.25, 0.3) is 5.79 Å². The molecule has 70 valence electrons. The van der Waals surface area contributed by atoms with Crippen molar-refractivity contribution in [1.29, 1.82) is 0 Å². The van der Waals surface area contributed by atoms with E-state index in [0.717, 1.165) is 5.57 Å². The molecule has 1 fully saturated rings. The Balaban J connectivity index is 2.43. The molecule has 1 heterocycles. The fourth-order valence-corrected chi connectivity index (χ4v) is 1.65. The van der Waals surface area contributed by atoms with Crippen LogP contribution in [0.1, 0.15) is 13.8 Å². The van der Waals surface area contributed by atoms with Crippen molar-refractivity contribution in [2.45, 2.75) is 19.6 Å². The fourth-order valence-electron chi connectivity index (χ4n) is 1.65. The largest absolute Gasteiger partial charge is 0.338 e.